The number of pyridine rings is 1. The second-order valence-electron chi connectivity index (χ2n) is 5.65. The molecule has 7 heteroatoms. The number of esters is 1. The van der Waals surface area contributed by atoms with E-state index < -0.39 is 16.0 Å². The fraction of sp³-hybridized carbons (Fsp3) is 0.294. The first kappa shape index (κ1) is 16.4. The molecule has 1 aromatic carbocycles. The summed E-state index contributed by atoms with van der Waals surface area (Å²) in [6.07, 6.45) is 1.27. The number of methoxy groups -OCH3 is 1. The SMILES string of the molecule is COC(=O)c1ccc2c(n1)CCCN2S(=O)(=O)c1cccc(C)c1. The topological polar surface area (TPSA) is 76.6 Å². The van der Waals surface area contributed by atoms with Gasteiger partial charge in [-0.05, 0) is 49.6 Å². The summed E-state index contributed by atoms with van der Waals surface area (Å²) in [6.45, 7) is 2.25. The number of rotatable bonds is 3. The molecule has 24 heavy (non-hydrogen) atoms. The van der Waals surface area contributed by atoms with Gasteiger partial charge in [-0.25, -0.2) is 18.2 Å². The van der Waals surface area contributed by atoms with Crippen molar-refractivity contribution in [1.82, 2.24) is 4.98 Å². The first-order chi connectivity index (χ1) is 11.4. The van der Waals surface area contributed by atoms with Gasteiger partial charge < -0.3 is 4.74 Å². The molecule has 0 unspecified atom stereocenters. The van der Waals surface area contributed by atoms with E-state index in [0.717, 1.165) is 5.56 Å². The van der Waals surface area contributed by atoms with Gasteiger partial charge in [-0.2, -0.15) is 0 Å². The summed E-state index contributed by atoms with van der Waals surface area (Å²) in [4.78, 5) is 16.2. The smallest absolute Gasteiger partial charge is 0.356 e. The molecular weight excluding hydrogens is 328 g/mol. The molecule has 1 aromatic heterocycles. The monoisotopic (exact) mass is 346 g/mol. The van der Waals surface area contributed by atoms with Crippen LogP contribution >= 0.6 is 0 Å². The number of hydrogen-bond donors (Lipinski definition) is 0. The van der Waals surface area contributed by atoms with E-state index in [1.165, 1.54) is 17.5 Å². The molecule has 3 rings (SSSR count). The van der Waals surface area contributed by atoms with Crippen LogP contribution in [0.1, 0.15) is 28.2 Å². The lowest BCUT2D eigenvalue weighted by Gasteiger charge is -2.30. The number of benzene rings is 1. The zero-order chi connectivity index (χ0) is 17.3. The van der Waals surface area contributed by atoms with Crippen molar-refractivity contribution >= 4 is 21.7 Å². The molecule has 0 bridgehead atoms. The average molecular weight is 346 g/mol. The Balaban J connectivity index is 2.05. The Hall–Kier alpha value is -2.41. The van der Waals surface area contributed by atoms with E-state index in [-0.39, 0.29) is 10.6 Å². The third-order valence-electron chi connectivity index (χ3n) is 3.97. The van der Waals surface area contributed by atoms with Crippen LogP contribution in [0, 0.1) is 6.92 Å². The van der Waals surface area contributed by atoms with E-state index in [1.807, 2.05) is 13.0 Å². The van der Waals surface area contributed by atoms with E-state index in [1.54, 1.807) is 24.3 Å². The summed E-state index contributed by atoms with van der Waals surface area (Å²) in [7, 11) is -2.37. The van der Waals surface area contributed by atoms with Crippen LogP contribution in [-0.4, -0.2) is 33.0 Å². The Labute approximate surface area is 141 Å². The van der Waals surface area contributed by atoms with Crippen LogP contribution in [0.4, 0.5) is 5.69 Å². The average Bonchev–Trinajstić information content (AvgIpc) is 2.60. The normalized spacial score (nSPS) is 14.2. The number of fused-ring (bicyclic) bond motifs is 1. The third-order valence-corrected chi connectivity index (χ3v) is 5.77. The van der Waals surface area contributed by atoms with Crippen molar-refractivity contribution in [3.8, 4) is 0 Å². The summed E-state index contributed by atoms with van der Waals surface area (Å²) in [5, 5.41) is 0. The minimum Gasteiger partial charge on any atom is -0.464 e. The molecule has 0 atom stereocenters. The standard InChI is InChI=1S/C17H18N2O4S/c1-12-5-3-6-13(11-12)24(21,22)19-10-4-7-14-16(19)9-8-15(18-14)17(20)23-2/h3,5-6,8-9,11H,4,7,10H2,1-2H3. The van der Waals surface area contributed by atoms with Gasteiger partial charge in [0.2, 0.25) is 0 Å². The maximum atomic E-state index is 13.0. The number of hydrogen-bond acceptors (Lipinski definition) is 5. The van der Waals surface area contributed by atoms with E-state index in [0.29, 0.717) is 30.8 Å². The quantitative estimate of drug-likeness (QED) is 0.797. The van der Waals surface area contributed by atoms with Crippen LogP contribution in [0.3, 0.4) is 0 Å². The molecule has 0 saturated carbocycles. The summed E-state index contributed by atoms with van der Waals surface area (Å²) in [6, 6.07) is 9.95. The predicted molar refractivity (Wildman–Crippen MR) is 89.6 cm³/mol. The number of nitrogens with zero attached hydrogens (tertiary/aromatic N) is 2. The molecule has 0 aliphatic carbocycles. The fourth-order valence-corrected chi connectivity index (χ4v) is 4.42. The van der Waals surface area contributed by atoms with Crippen molar-refractivity contribution in [2.75, 3.05) is 18.0 Å². The first-order valence-corrected chi connectivity index (χ1v) is 9.05. The number of sulfonamides is 1. The Bertz CT molecular complexity index is 893. The largest absolute Gasteiger partial charge is 0.464 e. The van der Waals surface area contributed by atoms with Gasteiger partial charge in [0.25, 0.3) is 10.0 Å². The third kappa shape index (κ3) is 2.87. The molecular formula is C17H18N2O4S. The van der Waals surface area contributed by atoms with Crippen LogP contribution < -0.4 is 4.31 Å². The minimum atomic E-state index is -3.66. The van der Waals surface area contributed by atoms with Crippen molar-refractivity contribution in [1.29, 1.82) is 0 Å². The number of anilines is 1. The molecule has 2 heterocycles. The molecule has 1 aliphatic heterocycles. The molecule has 126 valence electrons. The second kappa shape index (κ2) is 6.24. The van der Waals surface area contributed by atoms with Crippen LogP contribution in [0.25, 0.3) is 0 Å². The van der Waals surface area contributed by atoms with Gasteiger partial charge in [0, 0.05) is 6.54 Å². The summed E-state index contributed by atoms with van der Waals surface area (Å²) < 4.78 is 32.0. The van der Waals surface area contributed by atoms with Crippen molar-refractivity contribution < 1.29 is 17.9 Å². The summed E-state index contributed by atoms with van der Waals surface area (Å²) in [5.74, 6) is -0.531. The van der Waals surface area contributed by atoms with Gasteiger partial charge >= 0.3 is 5.97 Å². The Morgan fingerprint density at radius 2 is 2.04 bits per heavy atom. The lowest BCUT2D eigenvalue weighted by Crippen LogP contribution is -2.36. The zero-order valence-electron chi connectivity index (χ0n) is 13.5. The molecule has 2 aromatic rings. The molecule has 0 fully saturated rings. The van der Waals surface area contributed by atoms with E-state index >= 15 is 0 Å². The van der Waals surface area contributed by atoms with Gasteiger partial charge in [-0.1, -0.05) is 12.1 Å². The van der Waals surface area contributed by atoms with Crippen molar-refractivity contribution in [3.05, 3.63) is 53.3 Å². The molecule has 0 radical (unpaired) electrons. The highest BCUT2D eigenvalue weighted by Crippen LogP contribution is 2.31. The predicted octanol–water partition coefficient (Wildman–Crippen LogP) is 2.32. The number of aryl methyl sites for hydroxylation is 2. The van der Waals surface area contributed by atoms with Crippen LogP contribution in [0.5, 0.6) is 0 Å². The van der Waals surface area contributed by atoms with Gasteiger partial charge in [0.1, 0.15) is 5.69 Å². The highest BCUT2D eigenvalue weighted by Gasteiger charge is 2.30. The van der Waals surface area contributed by atoms with Gasteiger partial charge in [0.15, 0.2) is 0 Å². The number of carbonyl (C=O) groups is 1. The van der Waals surface area contributed by atoms with Crippen LogP contribution in [-0.2, 0) is 21.2 Å². The maximum absolute atomic E-state index is 13.0. The molecule has 0 spiro atoms. The Morgan fingerprint density at radius 3 is 2.75 bits per heavy atom. The highest BCUT2D eigenvalue weighted by molar-refractivity contribution is 7.92. The van der Waals surface area contributed by atoms with E-state index in [4.69, 9.17) is 0 Å². The number of aromatic nitrogens is 1. The molecule has 6 nitrogen and oxygen atoms in total. The van der Waals surface area contributed by atoms with Crippen molar-refractivity contribution in [2.24, 2.45) is 0 Å². The van der Waals surface area contributed by atoms with Gasteiger partial charge in [-0.15, -0.1) is 0 Å². The van der Waals surface area contributed by atoms with Crippen LogP contribution in [0.2, 0.25) is 0 Å². The molecule has 0 N–H and O–H groups in total. The zero-order valence-corrected chi connectivity index (χ0v) is 14.3. The second-order valence-corrected chi connectivity index (χ2v) is 7.51. The minimum absolute atomic E-state index is 0.186. The van der Waals surface area contributed by atoms with Crippen molar-refractivity contribution in [3.63, 3.8) is 0 Å². The molecule has 0 amide bonds. The fourth-order valence-electron chi connectivity index (χ4n) is 2.79. The van der Waals surface area contributed by atoms with Gasteiger partial charge in [-0.3, -0.25) is 4.31 Å². The lowest BCUT2D eigenvalue weighted by molar-refractivity contribution is 0.0593. The number of ether oxygens (including phenoxy) is 1. The van der Waals surface area contributed by atoms with Gasteiger partial charge in [0.05, 0.1) is 23.4 Å². The maximum Gasteiger partial charge on any atom is 0.356 e. The Kier molecular flexibility index (Phi) is 4.28. The Morgan fingerprint density at radius 1 is 1.25 bits per heavy atom. The number of carbonyl (C=O) groups excluding carboxylic acids is 1. The molecule has 1 aliphatic rings. The molecule has 0 saturated heterocycles. The van der Waals surface area contributed by atoms with Crippen LogP contribution in [0.15, 0.2) is 41.3 Å². The summed E-state index contributed by atoms with van der Waals surface area (Å²) >= 11 is 0. The van der Waals surface area contributed by atoms with E-state index in [9.17, 15) is 13.2 Å². The lowest BCUT2D eigenvalue weighted by atomic mass is 10.1. The first-order valence-electron chi connectivity index (χ1n) is 7.61. The van der Waals surface area contributed by atoms with E-state index in [2.05, 4.69) is 9.72 Å². The van der Waals surface area contributed by atoms with Crippen molar-refractivity contribution in [2.45, 2.75) is 24.7 Å². The summed E-state index contributed by atoms with van der Waals surface area (Å²) in [5.41, 5.74) is 2.19. The highest BCUT2D eigenvalue weighted by atomic mass is 32.2.